The van der Waals surface area contributed by atoms with Gasteiger partial charge in [0.05, 0.1) is 5.69 Å². The van der Waals surface area contributed by atoms with Gasteiger partial charge in [-0.05, 0) is 25.0 Å². The van der Waals surface area contributed by atoms with Gasteiger partial charge in [-0.25, -0.2) is 0 Å². The predicted molar refractivity (Wildman–Crippen MR) is 119 cm³/mol. The van der Waals surface area contributed by atoms with Crippen LogP contribution in [-0.4, -0.2) is 40.5 Å². The molecular formula is C22H31N2O4S-. The zero-order valence-electron chi connectivity index (χ0n) is 17.3. The van der Waals surface area contributed by atoms with Crippen molar-refractivity contribution in [2.75, 3.05) is 29.8 Å². The highest BCUT2D eigenvalue weighted by molar-refractivity contribution is 7.80. The predicted octanol–water partition coefficient (Wildman–Crippen LogP) is 4.71. The van der Waals surface area contributed by atoms with E-state index in [1.54, 1.807) is 0 Å². The fraction of sp³-hybridized carbons (Fsp3) is 0.500. The van der Waals surface area contributed by atoms with Crippen LogP contribution in [0.2, 0.25) is 0 Å². The minimum atomic E-state index is -2.33. The molecule has 6 nitrogen and oxygen atoms in total. The van der Waals surface area contributed by atoms with Gasteiger partial charge in [0.25, 0.3) is 0 Å². The summed E-state index contributed by atoms with van der Waals surface area (Å²) in [6.07, 6.45) is 6.79. The molecule has 0 saturated heterocycles. The van der Waals surface area contributed by atoms with Crippen LogP contribution in [0.3, 0.4) is 0 Å². The van der Waals surface area contributed by atoms with Gasteiger partial charge in [-0.2, -0.15) is 0 Å². The van der Waals surface area contributed by atoms with E-state index in [4.69, 9.17) is 5.11 Å². The second-order valence-electron chi connectivity index (χ2n) is 7.48. The number of rotatable bonds is 13. The fourth-order valence-electron chi connectivity index (χ4n) is 3.58. The highest BCUT2D eigenvalue weighted by Crippen LogP contribution is 2.33. The minimum Gasteiger partial charge on any atom is -0.755 e. The molecule has 0 radical (unpaired) electrons. The Balaban J connectivity index is 1.93. The summed E-state index contributed by atoms with van der Waals surface area (Å²) in [7, 11) is 3.96. The standard InChI is InChI=1S/C22H32N2O4S/c1-23(2)20-14-10-13-19-18(20)12-11-15-21(19)24(29(27)28)17-9-7-5-3-4-6-8-16-22(25)26/h10-15H,3-9,16-17H2,1-2H3,(H,25,26)(H,27,28)/p-1. The molecule has 1 unspecified atom stereocenters. The Labute approximate surface area is 175 Å². The van der Waals surface area contributed by atoms with Crippen LogP contribution in [0.1, 0.15) is 51.4 Å². The maximum Gasteiger partial charge on any atom is 0.303 e. The van der Waals surface area contributed by atoms with E-state index in [1.807, 2.05) is 55.4 Å². The van der Waals surface area contributed by atoms with Crippen LogP contribution >= 0.6 is 0 Å². The number of hydrogen-bond acceptors (Lipinski definition) is 4. The number of nitrogens with zero attached hydrogens (tertiary/aromatic N) is 2. The summed E-state index contributed by atoms with van der Waals surface area (Å²) >= 11 is -2.33. The van der Waals surface area contributed by atoms with Crippen LogP contribution in [-0.2, 0) is 16.1 Å². The van der Waals surface area contributed by atoms with Gasteiger partial charge in [-0.3, -0.25) is 9.00 Å². The number of aliphatic carboxylic acids is 1. The van der Waals surface area contributed by atoms with Crippen LogP contribution in [0.25, 0.3) is 10.8 Å². The van der Waals surface area contributed by atoms with Gasteiger partial charge in [-0.1, -0.05) is 56.4 Å². The molecule has 2 aromatic carbocycles. The molecule has 0 aliphatic heterocycles. The quantitative estimate of drug-likeness (QED) is 0.375. The topological polar surface area (TPSA) is 83.9 Å². The number of carboxylic acid groups (broad SMARTS) is 1. The second-order valence-corrected chi connectivity index (χ2v) is 8.36. The second kappa shape index (κ2) is 11.8. The van der Waals surface area contributed by atoms with Gasteiger partial charge in [-0.15, -0.1) is 0 Å². The van der Waals surface area contributed by atoms with E-state index in [0.717, 1.165) is 61.4 Å². The van der Waals surface area contributed by atoms with Gasteiger partial charge in [0.1, 0.15) is 0 Å². The third-order valence-electron chi connectivity index (χ3n) is 5.06. The maximum absolute atomic E-state index is 11.9. The summed E-state index contributed by atoms with van der Waals surface area (Å²) in [5.74, 6) is -0.734. The lowest BCUT2D eigenvalue weighted by Crippen LogP contribution is -2.26. The molecule has 0 aliphatic carbocycles. The number of carbonyl (C=O) groups is 1. The van der Waals surface area contributed by atoms with Crippen LogP contribution in [0, 0.1) is 0 Å². The van der Waals surface area contributed by atoms with Crippen molar-refractivity contribution in [2.24, 2.45) is 0 Å². The van der Waals surface area contributed by atoms with Crippen LogP contribution < -0.4 is 9.21 Å². The summed E-state index contributed by atoms with van der Waals surface area (Å²) in [4.78, 5) is 12.5. The molecule has 0 amide bonds. The Kier molecular flexibility index (Phi) is 9.41. The molecular weight excluding hydrogens is 388 g/mol. The number of hydrogen-bond donors (Lipinski definition) is 1. The molecule has 0 bridgehead atoms. The van der Waals surface area contributed by atoms with Gasteiger partial charge in [0.2, 0.25) is 0 Å². The highest BCUT2D eigenvalue weighted by Gasteiger charge is 2.13. The first kappa shape index (κ1) is 23.2. The van der Waals surface area contributed by atoms with Gasteiger partial charge in [0.15, 0.2) is 0 Å². The Hall–Kier alpha value is -2.12. The molecule has 1 N–H and O–H groups in total. The van der Waals surface area contributed by atoms with Crippen molar-refractivity contribution in [3.05, 3.63) is 36.4 Å². The van der Waals surface area contributed by atoms with Gasteiger partial charge >= 0.3 is 5.97 Å². The fourth-order valence-corrected chi connectivity index (χ4v) is 4.17. The molecule has 0 spiro atoms. The largest absolute Gasteiger partial charge is 0.755 e. The van der Waals surface area contributed by atoms with Crippen molar-refractivity contribution >= 4 is 39.4 Å². The first-order valence-corrected chi connectivity index (χ1v) is 11.2. The lowest BCUT2D eigenvalue weighted by Gasteiger charge is -2.28. The van der Waals surface area contributed by atoms with Crippen molar-refractivity contribution in [2.45, 2.75) is 51.4 Å². The molecule has 2 rings (SSSR count). The Morgan fingerprint density at radius 1 is 0.897 bits per heavy atom. The summed E-state index contributed by atoms with van der Waals surface area (Å²) in [6, 6.07) is 11.7. The Morgan fingerprint density at radius 3 is 1.97 bits per heavy atom. The lowest BCUT2D eigenvalue weighted by atomic mass is 10.1. The summed E-state index contributed by atoms with van der Waals surface area (Å²) in [5, 5.41) is 10.6. The van der Waals surface area contributed by atoms with E-state index >= 15 is 0 Å². The molecule has 0 aromatic heterocycles. The molecule has 0 saturated carbocycles. The average Bonchev–Trinajstić information content (AvgIpc) is 2.68. The number of carboxylic acids is 1. The number of anilines is 2. The smallest absolute Gasteiger partial charge is 0.303 e. The Bertz CT molecular complexity index is 826. The molecule has 160 valence electrons. The average molecular weight is 420 g/mol. The highest BCUT2D eigenvalue weighted by atomic mass is 32.2. The van der Waals surface area contributed by atoms with E-state index in [-0.39, 0.29) is 6.42 Å². The van der Waals surface area contributed by atoms with Crippen molar-refractivity contribution in [3.8, 4) is 0 Å². The molecule has 1 atom stereocenters. The van der Waals surface area contributed by atoms with Crippen LogP contribution in [0.15, 0.2) is 36.4 Å². The number of fused-ring (bicyclic) bond motifs is 1. The normalized spacial score (nSPS) is 12.1. The van der Waals surface area contributed by atoms with E-state index in [1.165, 1.54) is 4.31 Å². The molecule has 7 heteroatoms. The molecule has 0 fully saturated rings. The molecule has 0 heterocycles. The third-order valence-corrected chi connectivity index (χ3v) is 5.80. The SMILES string of the molecule is CN(C)c1cccc2c(N(CCCCCCCCCC(=O)O)S(=O)[O-])cccc12. The zero-order valence-corrected chi connectivity index (χ0v) is 18.1. The van der Waals surface area contributed by atoms with Crippen molar-refractivity contribution in [1.82, 2.24) is 0 Å². The van der Waals surface area contributed by atoms with Crippen molar-refractivity contribution in [3.63, 3.8) is 0 Å². The Morgan fingerprint density at radius 2 is 1.41 bits per heavy atom. The monoisotopic (exact) mass is 419 g/mol. The maximum atomic E-state index is 11.9. The first-order chi connectivity index (χ1) is 13.9. The van der Waals surface area contributed by atoms with Crippen molar-refractivity contribution in [1.29, 1.82) is 0 Å². The van der Waals surface area contributed by atoms with Crippen LogP contribution in [0.5, 0.6) is 0 Å². The molecule has 2 aromatic rings. The summed E-state index contributed by atoms with van der Waals surface area (Å²) < 4.78 is 25.3. The van der Waals surface area contributed by atoms with Gasteiger partial charge in [0, 0.05) is 54.8 Å². The van der Waals surface area contributed by atoms with E-state index in [9.17, 15) is 13.6 Å². The molecule has 0 aliphatic rings. The summed E-state index contributed by atoms with van der Waals surface area (Å²) in [6.45, 7) is 0.459. The van der Waals surface area contributed by atoms with E-state index in [2.05, 4.69) is 0 Å². The van der Waals surface area contributed by atoms with Crippen molar-refractivity contribution < 1.29 is 18.7 Å². The minimum absolute atomic E-state index is 0.241. The number of benzene rings is 2. The lowest BCUT2D eigenvalue weighted by molar-refractivity contribution is -0.137. The molecule has 29 heavy (non-hydrogen) atoms. The van der Waals surface area contributed by atoms with E-state index < -0.39 is 17.2 Å². The summed E-state index contributed by atoms with van der Waals surface area (Å²) in [5.41, 5.74) is 1.78. The number of unbranched alkanes of at least 4 members (excludes halogenated alkanes) is 6. The first-order valence-electron chi connectivity index (χ1n) is 10.2. The third kappa shape index (κ3) is 7.01. The van der Waals surface area contributed by atoms with E-state index in [0.29, 0.717) is 12.2 Å². The van der Waals surface area contributed by atoms with Gasteiger partial charge < -0.3 is 18.9 Å². The zero-order chi connectivity index (χ0) is 21.2. The van der Waals surface area contributed by atoms with Crippen LogP contribution in [0.4, 0.5) is 11.4 Å².